The molecule has 126 valence electrons. The lowest BCUT2D eigenvalue weighted by Gasteiger charge is -2.17. The van der Waals surface area contributed by atoms with E-state index in [1.807, 2.05) is 12.3 Å². The molecule has 9 heteroatoms. The lowest BCUT2D eigenvalue weighted by molar-refractivity contribution is -0.0508. The Morgan fingerprint density at radius 3 is 2.79 bits per heavy atom. The van der Waals surface area contributed by atoms with Crippen LogP contribution in [0.1, 0.15) is 6.23 Å². The number of aliphatic hydroxyl groups is 3. The van der Waals surface area contributed by atoms with Crippen LogP contribution in [0.15, 0.2) is 31.0 Å². The fourth-order valence-electron chi connectivity index (χ4n) is 3.12. The highest BCUT2D eigenvalue weighted by molar-refractivity contribution is 6.00. The van der Waals surface area contributed by atoms with Crippen molar-refractivity contribution in [1.82, 2.24) is 19.5 Å². The lowest BCUT2D eigenvalue weighted by atomic mass is 10.1. The van der Waals surface area contributed by atoms with Gasteiger partial charge in [0.2, 0.25) is 0 Å². The number of nitrogen functional groups attached to an aromatic ring is 1. The van der Waals surface area contributed by atoms with E-state index in [-0.39, 0.29) is 0 Å². The Morgan fingerprint density at radius 1 is 1.29 bits per heavy atom. The van der Waals surface area contributed by atoms with Gasteiger partial charge in [-0.15, -0.1) is 0 Å². The van der Waals surface area contributed by atoms with E-state index in [0.717, 1.165) is 11.1 Å². The molecule has 3 aromatic rings. The van der Waals surface area contributed by atoms with E-state index >= 15 is 0 Å². The van der Waals surface area contributed by atoms with Crippen LogP contribution in [0, 0.1) is 0 Å². The zero-order chi connectivity index (χ0) is 16.8. The van der Waals surface area contributed by atoms with Crippen molar-refractivity contribution >= 4 is 16.9 Å². The number of rotatable bonds is 3. The molecule has 4 atom stereocenters. The number of nitrogens with zero attached hydrogens (tertiary/aromatic N) is 3. The van der Waals surface area contributed by atoms with Crippen molar-refractivity contribution in [3.05, 3.63) is 31.0 Å². The summed E-state index contributed by atoms with van der Waals surface area (Å²) in [6, 6.07) is 1.88. The van der Waals surface area contributed by atoms with Gasteiger partial charge in [0.05, 0.1) is 12.0 Å². The largest absolute Gasteiger partial charge is 0.394 e. The van der Waals surface area contributed by atoms with E-state index in [0.29, 0.717) is 16.9 Å². The van der Waals surface area contributed by atoms with Gasteiger partial charge in [-0.1, -0.05) is 0 Å². The van der Waals surface area contributed by atoms with Crippen LogP contribution in [-0.2, 0) is 4.74 Å². The van der Waals surface area contributed by atoms with E-state index < -0.39 is 31.1 Å². The van der Waals surface area contributed by atoms with Crippen molar-refractivity contribution in [3.8, 4) is 11.1 Å². The SMILES string of the molecule is Nc1ncnc2c1c(-c1cc[nH]c1)cn2[C@@H]1O[C@H](CO)C(O)[C@@H]1O. The van der Waals surface area contributed by atoms with Gasteiger partial charge in [-0.25, -0.2) is 9.97 Å². The number of nitrogens with one attached hydrogen (secondary N) is 1. The van der Waals surface area contributed by atoms with E-state index in [1.54, 1.807) is 17.0 Å². The third kappa shape index (κ3) is 2.10. The Bertz CT molecular complexity index is 862. The second kappa shape index (κ2) is 5.56. The molecule has 0 amide bonds. The highest BCUT2D eigenvalue weighted by Gasteiger charge is 2.44. The summed E-state index contributed by atoms with van der Waals surface area (Å²) in [6.07, 6.45) is 2.53. The van der Waals surface area contributed by atoms with Gasteiger partial charge in [-0.3, -0.25) is 0 Å². The summed E-state index contributed by atoms with van der Waals surface area (Å²) in [5, 5.41) is 30.2. The maximum Gasteiger partial charge on any atom is 0.164 e. The predicted molar refractivity (Wildman–Crippen MR) is 84.7 cm³/mol. The predicted octanol–water partition coefficient (Wildman–Crippen LogP) is -0.380. The van der Waals surface area contributed by atoms with Crippen LogP contribution >= 0.6 is 0 Å². The molecule has 0 saturated carbocycles. The summed E-state index contributed by atoms with van der Waals surface area (Å²) in [7, 11) is 0. The molecule has 4 heterocycles. The highest BCUT2D eigenvalue weighted by atomic mass is 16.6. The Balaban J connectivity index is 1.90. The molecule has 0 bridgehead atoms. The van der Waals surface area contributed by atoms with Crippen LogP contribution in [0.25, 0.3) is 22.2 Å². The average molecular weight is 331 g/mol. The van der Waals surface area contributed by atoms with Crippen molar-refractivity contribution in [1.29, 1.82) is 0 Å². The molecule has 0 radical (unpaired) electrons. The highest BCUT2D eigenvalue weighted by Crippen LogP contribution is 2.38. The molecule has 1 aliphatic heterocycles. The number of H-pyrrole nitrogens is 1. The van der Waals surface area contributed by atoms with Crippen molar-refractivity contribution in [2.75, 3.05) is 12.3 Å². The van der Waals surface area contributed by atoms with Gasteiger partial charge in [0.25, 0.3) is 0 Å². The zero-order valence-electron chi connectivity index (χ0n) is 12.6. The number of aromatic nitrogens is 4. The second-order valence-corrected chi connectivity index (χ2v) is 5.74. The van der Waals surface area contributed by atoms with E-state index in [9.17, 15) is 15.3 Å². The summed E-state index contributed by atoms with van der Waals surface area (Å²) < 4.78 is 7.21. The standard InChI is InChI=1S/C15H17N5O4/c16-13-10-8(7-1-2-17-3-7)4-20(14(10)19-6-18-13)15-12(23)11(22)9(5-21)24-15/h1-4,6,9,11-12,15,17,21-23H,5H2,(H2,16,18,19)/t9-,11?,12+,15-/m1/s1. The first-order valence-electron chi connectivity index (χ1n) is 7.48. The average Bonchev–Trinajstić information content (AvgIpc) is 3.28. The van der Waals surface area contributed by atoms with Gasteiger partial charge in [0.1, 0.15) is 36.1 Å². The summed E-state index contributed by atoms with van der Waals surface area (Å²) in [5.41, 5.74) is 8.16. The van der Waals surface area contributed by atoms with Gasteiger partial charge < -0.3 is 35.3 Å². The molecular weight excluding hydrogens is 314 g/mol. The molecular formula is C15H17N5O4. The third-order valence-corrected chi connectivity index (χ3v) is 4.34. The van der Waals surface area contributed by atoms with Crippen LogP contribution < -0.4 is 5.73 Å². The number of anilines is 1. The molecule has 0 spiro atoms. The van der Waals surface area contributed by atoms with Crippen LogP contribution in [0.5, 0.6) is 0 Å². The van der Waals surface area contributed by atoms with Crippen molar-refractivity contribution in [3.63, 3.8) is 0 Å². The molecule has 24 heavy (non-hydrogen) atoms. The third-order valence-electron chi connectivity index (χ3n) is 4.34. The first kappa shape index (κ1) is 15.1. The summed E-state index contributed by atoms with van der Waals surface area (Å²) in [4.78, 5) is 11.3. The Morgan fingerprint density at radius 2 is 2.12 bits per heavy atom. The summed E-state index contributed by atoms with van der Waals surface area (Å²) >= 11 is 0. The fourth-order valence-corrected chi connectivity index (χ4v) is 3.12. The smallest absolute Gasteiger partial charge is 0.164 e. The molecule has 0 aromatic carbocycles. The zero-order valence-corrected chi connectivity index (χ0v) is 12.6. The fraction of sp³-hybridized carbons (Fsp3) is 0.333. The Kier molecular flexibility index (Phi) is 3.50. The monoisotopic (exact) mass is 331 g/mol. The number of fused-ring (bicyclic) bond motifs is 1. The van der Waals surface area contributed by atoms with Crippen molar-refractivity contribution < 1.29 is 20.1 Å². The van der Waals surface area contributed by atoms with E-state index in [4.69, 9.17) is 10.5 Å². The number of aromatic amines is 1. The van der Waals surface area contributed by atoms with Gasteiger partial charge in [0.15, 0.2) is 6.23 Å². The molecule has 1 aliphatic rings. The first-order valence-corrected chi connectivity index (χ1v) is 7.48. The van der Waals surface area contributed by atoms with Gasteiger partial charge in [0, 0.05) is 29.7 Å². The topological polar surface area (TPSA) is 142 Å². The summed E-state index contributed by atoms with van der Waals surface area (Å²) in [6.45, 7) is -0.393. The van der Waals surface area contributed by atoms with Gasteiger partial charge >= 0.3 is 0 Å². The number of nitrogens with two attached hydrogens (primary N) is 1. The van der Waals surface area contributed by atoms with Crippen LogP contribution in [0.3, 0.4) is 0 Å². The molecule has 3 aromatic heterocycles. The quantitative estimate of drug-likeness (QED) is 0.440. The molecule has 6 N–H and O–H groups in total. The Labute approximate surface area is 136 Å². The van der Waals surface area contributed by atoms with Gasteiger partial charge in [-0.05, 0) is 6.07 Å². The molecule has 1 saturated heterocycles. The lowest BCUT2D eigenvalue weighted by Crippen LogP contribution is -2.33. The molecule has 1 fully saturated rings. The maximum atomic E-state index is 10.3. The Hall–Kier alpha value is -2.46. The number of ether oxygens (including phenoxy) is 1. The van der Waals surface area contributed by atoms with E-state index in [1.165, 1.54) is 6.33 Å². The van der Waals surface area contributed by atoms with Crippen molar-refractivity contribution in [2.24, 2.45) is 0 Å². The van der Waals surface area contributed by atoms with Crippen LogP contribution in [0.2, 0.25) is 0 Å². The normalized spacial score (nSPS) is 27.1. The van der Waals surface area contributed by atoms with E-state index in [2.05, 4.69) is 15.0 Å². The molecule has 1 unspecified atom stereocenters. The summed E-state index contributed by atoms with van der Waals surface area (Å²) in [5.74, 6) is 0.307. The second-order valence-electron chi connectivity index (χ2n) is 5.74. The molecule has 0 aliphatic carbocycles. The van der Waals surface area contributed by atoms with Crippen LogP contribution in [-0.4, -0.2) is 59.8 Å². The minimum atomic E-state index is -1.20. The van der Waals surface area contributed by atoms with Crippen molar-refractivity contribution in [2.45, 2.75) is 24.5 Å². The molecule has 4 rings (SSSR count). The minimum Gasteiger partial charge on any atom is -0.394 e. The molecule has 9 nitrogen and oxygen atoms in total. The number of aliphatic hydroxyl groups excluding tert-OH is 3. The first-order chi connectivity index (χ1) is 11.6. The van der Waals surface area contributed by atoms with Crippen LogP contribution in [0.4, 0.5) is 5.82 Å². The minimum absolute atomic E-state index is 0.307. The van der Waals surface area contributed by atoms with Gasteiger partial charge in [-0.2, -0.15) is 0 Å². The maximum absolute atomic E-state index is 10.3. The number of hydrogen-bond donors (Lipinski definition) is 5. The number of hydrogen-bond acceptors (Lipinski definition) is 7.